The van der Waals surface area contributed by atoms with Gasteiger partial charge in [-0.15, -0.1) is 0 Å². The van der Waals surface area contributed by atoms with Crippen LogP contribution in [0.2, 0.25) is 0 Å². The molecule has 0 amide bonds. The maximum Gasteiger partial charge on any atom is 0.151 e. The van der Waals surface area contributed by atoms with E-state index in [1.54, 1.807) is 18.2 Å². The number of para-hydroxylation sites is 2. The minimum absolute atomic E-state index is 0.298. The molecule has 3 rings (SSSR count). The van der Waals surface area contributed by atoms with Crippen molar-refractivity contribution >= 4 is 22.7 Å². The van der Waals surface area contributed by atoms with E-state index in [9.17, 15) is 9.65 Å². The Kier molecular flexibility index (Phi) is 3.25. The van der Waals surface area contributed by atoms with E-state index >= 15 is 0 Å². The zero-order valence-electron chi connectivity index (χ0n) is 11.4. The molecule has 3 aromatic rings. The second-order valence-electron chi connectivity index (χ2n) is 4.70. The van der Waals surface area contributed by atoms with Gasteiger partial charge >= 0.3 is 0 Å². The zero-order chi connectivity index (χ0) is 14.8. The first-order valence-corrected chi connectivity index (χ1v) is 6.48. The largest absolute Gasteiger partial charge is 0.327 e. The molecule has 0 aliphatic rings. The Bertz CT molecular complexity index is 867. The number of nitriles is 1. The number of aryl methyl sites for hydroxylation is 1. The first-order chi connectivity index (χ1) is 10.2. The fourth-order valence-electron chi connectivity index (χ4n) is 2.26. The molecule has 0 atom stereocenters. The number of nitrogens with zero attached hydrogens (tertiary/aromatic N) is 3. The van der Waals surface area contributed by atoms with Crippen molar-refractivity contribution in [3.05, 3.63) is 65.7 Å². The first-order valence-electron chi connectivity index (χ1n) is 6.48. The highest BCUT2D eigenvalue weighted by molar-refractivity contribution is 5.90. The Morgan fingerprint density at radius 1 is 1.19 bits per heavy atom. The molecule has 1 aromatic heterocycles. The van der Waals surface area contributed by atoms with Crippen LogP contribution in [0.4, 0.5) is 4.39 Å². The van der Waals surface area contributed by atoms with Gasteiger partial charge in [0.05, 0.1) is 16.6 Å². The number of fused-ring (bicyclic) bond motifs is 1. The van der Waals surface area contributed by atoms with E-state index in [4.69, 9.17) is 0 Å². The normalized spacial score (nSPS) is 11.6. The lowest BCUT2D eigenvalue weighted by Gasteiger charge is -2.01. The first kappa shape index (κ1) is 13.1. The summed E-state index contributed by atoms with van der Waals surface area (Å²) in [7, 11) is 1.88. The minimum Gasteiger partial charge on any atom is -0.327 e. The third-order valence-corrected chi connectivity index (χ3v) is 3.33. The van der Waals surface area contributed by atoms with Crippen molar-refractivity contribution in [1.82, 2.24) is 9.55 Å². The van der Waals surface area contributed by atoms with Crippen LogP contribution in [0.15, 0.2) is 48.5 Å². The van der Waals surface area contributed by atoms with Crippen LogP contribution in [0, 0.1) is 17.1 Å². The van der Waals surface area contributed by atoms with Crippen molar-refractivity contribution in [2.24, 2.45) is 7.05 Å². The van der Waals surface area contributed by atoms with Crippen LogP contribution in [0.3, 0.4) is 0 Å². The minimum atomic E-state index is -0.298. The summed E-state index contributed by atoms with van der Waals surface area (Å²) in [6, 6.07) is 15.9. The van der Waals surface area contributed by atoms with Gasteiger partial charge in [-0.1, -0.05) is 24.3 Å². The smallest absolute Gasteiger partial charge is 0.151 e. The summed E-state index contributed by atoms with van der Waals surface area (Å²) in [6.07, 6.45) is 1.71. The van der Waals surface area contributed by atoms with E-state index in [2.05, 4.69) is 11.1 Å². The standard InChI is InChI=1S/C17H12FN3/c1-21-16-5-3-2-4-15(16)20-17(21)13(11-19)10-12-6-8-14(18)9-7-12/h2-10H,1H3. The van der Waals surface area contributed by atoms with Crippen molar-refractivity contribution in [3.8, 4) is 6.07 Å². The van der Waals surface area contributed by atoms with E-state index < -0.39 is 0 Å². The molecule has 0 aliphatic carbocycles. The molecule has 0 spiro atoms. The number of benzene rings is 2. The summed E-state index contributed by atoms with van der Waals surface area (Å²) in [6.45, 7) is 0. The molecular formula is C17H12FN3. The molecule has 0 bridgehead atoms. The molecule has 3 nitrogen and oxygen atoms in total. The highest BCUT2D eigenvalue weighted by atomic mass is 19.1. The summed E-state index contributed by atoms with van der Waals surface area (Å²) < 4.78 is 14.8. The Balaban J connectivity index is 2.12. The molecule has 0 saturated carbocycles. The van der Waals surface area contributed by atoms with Crippen LogP contribution < -0.4 is 0 Å². The molecule has 0 unspecified atom stereocenters. The third kappa shape index (κ3) is 2.41. The summed E-state index contributed by atoms with van der Waals surface area (Å²) in [4.78, 5) is 4.50. The number of aromatic nitrogens is 2. The van der Waals surface area contributed by atoms with Gasteiger partial charge in [-0.2, -0.15) is 5.26 Å². The lowest BCUT2D eigenvalue weighted by molar-refractivity contribution is 0.628. The molecule has 0 aliphatic heterocycles. The zero-order valence-corrected chi connectivity index (χ0v) is 11.4. The summed E-state index contributed by atoms with van der Waals surface area (Å²) in [5, 5.41) is 9.40. The van der Waals surface area contributed by atoms with Crippen LogP contribution >= 0.6 is 0 Å². The predicted octanol–water partition coefficient (Wildman–Crippen LogP) is 3.78. The number of hydrogen-bond donors (Lipinski definition) is 0. The van der Waals surface area contributed by atoms with Crippen LogP contribution in [-0.4, -0.2) is 9.55 Å². The fraction of sp³-hybridized carbons (Fsp3) is 0.0588. The van der Waals surface area contributed by atoms with Gasteiger partial charge in [0.2, 0.25) is 0 Å². The highest BCUT2D eigenvalue weighted by Gasteiger charge is 2.11. The maximum absolute atomic E-state index is 12.9. The lowest BCUT2D eigenvalue weighted by atomic mass is 10.1. The van der Waals surface area contributed by atoms with Gasteiger partial charge in [-0.25, -0.2) is 9.37 Å². The van der Waals surface area contributed by atoms with Gasteiger partial charge in [0.1, 0.15) is 11.9 Å². The fourth-order valence-corrected chi connectivity index (χ4v) is 2.26. The Morgan fingerprint density at radius 3 is 2.57 bits per heavy atom. The van der Waals surface area contributed by atoms with Crippen LogP contribution in [0.1, 0.15) is 11.4 Å². The summed E-state index contributed by atoms with van der Waals surface area (Å²) >= 11 is 0. The Hall–Kier alpha value is -2.93. The molecule has 0 N–H and O–H groups in total. The van der Waals surface area contributed by atoms with Crippen LogP contribution in [0.5, 0.6) is 0 Å². The number of allylic oxidation sites excluding steroid dienone is 1. The lowest BCUT2D eigenvalue weighted by Crippen LogP contribution is -1.96. The average Bonchev–Trinajstić information content (AvgIpc) is 2.84. The number of hydrogen-bond acceptors (Lipinski definition) is 2. The van der Waals surface area contributed by atoms with Gasteiger partial charge in [0, 0.05) is 7.05 Å². The highest BCUT2D eigenvalue weighted by Crippen LogP contribution is 2.22. The monoisotopic (exact) mass is 277 g/mol. The molecule has 1 heterocycles. The van der Waals surface area contributed by atoms with Gasteiger partial charge in [0.25, 0.3) is 0 Å². The number of imidazole rings is 1. The molecule has 21 heavy (non-hydrogen) atoms. The third-order valence-electron chi connectivity index (χ3n) is 3.33. The van der Waals surface area contributed by atoms with Gasteiger partial charge in [-0.05, 0) is 35.9 Å². The Labute approximate surface area is 121 Å². The van der Waals surface area contributed by atoms with Crippen molar-refractivity contribution in [2.75, 3.05) is 0 Å². The molecule has 2 aromatic carbocycles. The van der Waals surface area contributed by atoms with Crippen LogP contribution in [-0.2, 0) is 7.05 Å². The molecule has 0 saturated heterocycles. The average molecular weight is 277 g/mol. The van der Waals surface area contributed by atoms with Crippen molar-refractivity contribution < 1.29 is 4.39 Å². The van der Waals surface area contributed by atoms with Crippen molar-refractivity contribution in [2.45, 2.75) is 0 Å². The predicted molar refractivity (Wildman–Crippen MR) is 80.6 cm³/mol. The topological polar surface area (TPSA) is 41.6 Å². The van der Waals surface area contributed by atoms with E-state index in [0.29, 0.717) is 11.4 Å². The summed E-state index contributed by atoms with van der Waals surface area (Å²) in [5.74, 6) is 0.302. The number of rotatable bonds is 2. The van der Waals surface area contributed by atoms with Crippen molar-refractivity contribution in [1.29, 1.82) is 5.26 Å². The second kappa shape index (κ2) is 5.22. The van der Waals surface area contributed by atoms with Gasteiger partial charge in [-0.3, -0.25) is 0 Å². The van der Waals surface area contributed by atoms with E-state index in [1.165, 1.54) is 12.1 Å². The van der Waals surface area contributed by atoms with Gasteiger partial charge in [0.15, 0.2) is 5.82 Å². The molecular weight excluding hydrogens is 265 g/mol. The van der Waals surface area contributed by atoms with E-state index in [-0.39, 0.29) is 5.82 Å². The molecule has 0 radical (unpaired) electrons. The quantitative estimate of drug-likeness (QED) is 0.669. The van der Waals surface area contributed by atoms with Crippen molar-refractivity contribution in [3.63, 3.8) is 0 Å². The molecule has 4 heteroatoms. The van der Waals surface area contributed by atoms with E-state index in [0.717, 1.165) is 16.6 Å². The number of halogens is 1. The SMILES string of the molecule is Cn1c(C(C#N)=Cc2ccc(F)cc2)nc2ccccc21. The van der Waals surface area contributed by atoms with Crippen LogP contribution in [0.25, 0.3) is 22.7 Å². The molecule has 0 fully saturated rings. The maximum atomic E-state index is 12.9. The molecule has 102 valence electrons. The van der Waals surface area contributed by atoms with E-state index in [1.807, 2.05) is 35.9 Å². The summed E-state index contributed by atoms with van der Waals surface area (Å²) in [5.41, 5.74) is 3.02. The second-order valence-corrected chi connectivity index (χ2v) is 4.70. The van der Waals surface area contributed by atoms with Gasteiger partial charge < -0.3 is 4.57 Å². The Morgan fingerprint density at radius 2 is 1.90 bits per heavy atom.